The summed E-state index contributed by atoms with van der Waals surface area (Å²) < 4.78 is 32.5. The number of methoxy groups -OCH3 is 1. The molecule has 0 saturated carbocycles. The summed E-state index contributed by atoms with van der Waals surface area (Å²) in [6.45, 7) is 4.83. The average molecular weight is 374 g/mol. The molecule has 0 unspecified atom stereocenters. The van der Waals surface area contributed by atoms with Gasteiger partial charge in [-0.25, -0.2) is 8.78 Å². The Morgan fingerprint density at radius 1 is 1.19 bits per heavy atom. The zero-order valence-electron chi connectivity index (χ0n) is 15.6. The summed E-state index contributed by atoms with van der Waals surface area (Å²) >= 11 is 0. The van der Waals surface area contributed by atoms with Gasteiger partial charge in [-0.1, -0.05) is 19.1 Å². The highest BCUT2D eigenvalue weighted by molar-refractivity contribution is 5.94. The van der Waals surface area contributed by atoms with Gasteiger partial charge in [0.15, 0.2) is 17.4 Å². The van der Waals surface area contributed by atoms with Gasteiger partial charge in [-0.15, -0.1) is 0 Å². The third-order valence-electron chi connectivity index (χ3n) is 5.09. The van der Waals surface area contributed by atoms with Gasteiger partial charge in [0.2, 0.25) is 0 Å². The van der Waals surface area contributed by atoms with Crippen LogP contribution in [0.2, 0.25) is 0 Å². The van der Waals surface area contributed by atoms with Gasteiger partial charge in [0.1, 0.15) is 0 Å². The molecule has 2 aromatic rings. The molecule has 1 aliphatic rings. The molecule has 1 N–H and O–H groups in total. The van der Waals surface area contributed by atoms with Gasteiger partial charge in [0, 0.05) is 18.2 Å². The maximum absolute atomic E-state index is 13.9. The molecule has 1 heterocycles. The highest BCUT2D eigenvalue weighted by Gasteiger charge is 2.23. The van der Waals surface area contributed by atoms with Crippen molar-refractivity contribution < 1.29 is 18.3 Å². The largest absolute Gasteiger partial charge is 0.491 e. The topological polar surface area (TPSA) is 41.6 Å². The number of carbonyl (C=O) groups excluding carboxylic acids is 1. The van der Waals surface area contributed by atoms with Gasteiger partial charge in [-0.2, -0.15) is 0 Å². The van der Waals surface area contributed by atoms with Crippen LogP contribution in [0.3, 0.4) is 0 Å². The first-order valence-electron chi connectivity index (χ1n) is 9.19. The summed E-state index contributed by atoms with van der Waals surface area (Å²) in [7, 11) is 1.22. The van der Waals surface area contributed by atoms with Gasteiger partial charge in [-0.3, -0.25) is 9.69 Å². The second-order valence-electron chi connectivity index (χ2n) is 6.69. The van der Waals surface area contributed by atoms with Gasteiger partial charge in [-0.05, 0) is 61.3 Å². The van der Waals surface area contributed by atoms with Crippen molar-refractivity contribution in [3.8, 4) is 16.9 Å². The molecular formula is C21H24F2N2O2. The van der Waals surface area contributed by atoms with Crippen LogP contribution in [0.1, 0.15) is 30.1 Å². The van der Waals surface area contributed by atoms with Crippen LogP contribution < -0.4 is 10.1 Å². The molecule has 144 valence electrons. The van der Waals surface area contributed by atoms with Crippen molar-refractivity contribution in [3.05, 3.63) is 53.6 Å². The maximum Gasteiger partial charge on any atom is 0.251 e. The van der Waals surface area contributed by atoms with Gasteiger partial charge >= 0.3 is 0 Å². The molecule has 0 radical (unpaired) electrons. The van der Waals surface area contributed by atoms with E-state index in [9.17, 15) is 13.6 Å². The SMILES string of the molecule is CCN1CCC[C@H]1CNC(=O)c1ccc(-c2cc(F)c(OC)c(F)c2)cc1. The Balaban J connectivity index is 1.67. The van der Waals surface area contributed by atoms with Crippen LogP contribution in [-0.2, 0) is 0 Å². The van der Waals surface area contributed by atoms with Crippen LogP contribution in [0, 0.1) is 11.6 Å². The Labute approximate surface area is 158 Å². The molecule has 1 saturated heterocycles. The first kappa shape index (κ1) is 19.3. The Kier molecular flexibility index (Phi) is 6.06. The monoisotopic (exact) mass is 374 g/mol. The summed E-state index contributed by atoms with van der Waals surface area (Å²) in [4.78, 5) is 14.7. The molecule has 1 amide bonds. The third kappa shape index (κ3) is 4.27. The number of rotatable bonds is 6. The predicted octanol–water partition coefficient (Wildman–Crippen LogP) is 3.85. The van der Waals surface area contributed by atoms with Crippen molar-refractivity contribution in [1.29, 1.82) is 0 Å². The zero-order chi connectivity index (χ0) is 19.4. The van der Waals surface area contributed by atoms with E-state index in [4.69, 9.17) is 4.74 Å². The molecule has 1 atom stereocenters. The molecule has 2 aromatic carbocycles. The fraction of sp³-hybridized carbons (Fsp3) is 0.381. The minimum absolute atomic E-state index is 0.142. The van der Waals surface area contributed by atoms with Crippen LogP contribution in [0.25, 0.3) is 11.1 Å². The summed E-state index contributed by atoms with van der Waals surface area (Å²) in [6, 6.07) is 9.52. The van der Waals surface area contributed by atoms with E-state index in [0.29, 0.717) is 29.3 Å². The third-order valence-corrected chi connectivity index (χ3v) is 5.09. The Morgan fingerprint density at radius 2 is 1.85 bits per heavy atom. The van der Waals surface area contributed by atoms with Gasteiger partial charge in [0.25, 0.3) is 5.91 Å². The number of carbonyl (C=O) groups is 1. The van der Waals surface area contributed by atoms with Crippen molar-refractivity contribution in [2.75, 3.05) is 26.7 Å². The number of hydrogen-bond donors (Lipinski definition) is 1. The fourth-order valence-electron chi connectivity index (χ4n) is 3.59. The lowest BCUT2D eigenvalue weighted by molar-refractivity contribution is 0.0941. The lowest BCUT2D eigenvalue weighted by Crippen LogP contribution is -2.40. The molecule has 0 spiro atoms. The highest BCUT2D eigenvalue weighted by atomic mass is 19.1. The average Bonchev–Trinajstić information content (AvgIpc) is 3.13. The van der Waals surface area contributed by atoms with Crippen molar-refractivity contribution in [2.24, 2.45) is 0 Å². The van der Waals surface area contributed by atoms with E-state index in [2.05, 4.69) is 17.1 Å². The lowest BCUT2D eigenvalue weighted by Gasteiger charge is -2.22. The molecule has 6 heteroatoms. The number of likely N-dealkylation sites (tertiary alicyclic amines) is 1. The summed E-state index contributed by atoms with van der Waals surface area (Å²) in [5.74, 6) is -2.06. The summed E-state index contributed by atoms with van der Waals surface area (Å²) in [5, 5.41) is 2.98. The van der Waals surface area contributed by atoms with Crippen molar-refractivity contribution in [2.45, 2.75) is 25.8 Å². The van der Waals surface area contributed by atoms with E-state index < -0.39 is 17.4 Å². The quantitative estimate of drug-likeness (QED) is 0.835. The number of nitrogens with zero attached hydrogens (tertiary/aromatic N) is 1. The Morgan fingerprint density at radius 3 is 2.44 bits per heavy atom. The number of benzene rings is 2. The van der Waals surface area contributed by atoms with Crippen LogP contribution in [0.5, 0.6) is 5.75 Å². The molecule has 27 heavy (non-hydrogen) atoms. The molecule has 4 nitrogen and oxygen atoms in total. The van der Waals surface area contributed by atoms with Crippen molar-refractivity contribution in [3.63, 3.8) is 0 Å². The maximum atomic E-state index is 13.9. The second kappa shape index (κ2) is 8.48. The van der Waals surface area contributed by atoms with Crippen molar-refractivity contribution in [1.82, 2.24) is 10.2 Å². The Bertz CT molecular complexity index is 785. The van der Waals surface area contributed by atoms with E-state index in [1.165, 1.54) is 19.2 Å². The van der Waals surface area contributed by atoms with Crippen LogP contribution >= 0.6 is 0 Å². The number of amides is 1. The zero-order valence-corrected chi connectivity index (χ0v) is 15.6. The molecular weight excluding hydrogens is 350 g/mol. The highest BCUT2D eigenvalue weighted by Crippen LogP contribution is 2.29. The second-order valence-corrected chi connectivity index (χ2v) is 6.69. The fourth-order valence-corrected chi connectivity index (χ4v) is 3.59. The number of likely N-dealkylation sites (N-methyl/N-ethyl adjacent to an activating group) is 1. The normalized spacial score (nSPS) is 17.1. The van der Waals surface area contributed by atoms with E-state index in [0.717, 1.165) is 25.9 Å². The van der Waals surface area contributed by atoms with E-state index in [-0.39, 0.29) is 5.91 Å². The van der Waals surface area contributed by atoms with E-state index >= 15 is 0 Å². The molecule has 1 fully saturated rings. The number of hydrogen-bond acceptors (Lipinski definition) is 3. The smallest absolute Gasteiger partial charge is 0.251 e. The molecule has 3 rings (SSSR count). The Hall–Kier alpha value is -2.47. The van der Waals surface area contributed by atoms with Crippen molar-refractivity contribution >= 4 is 5.91 Å². The van der Waals surface area contributed by atoms with Crippen LogP contribution in [0.15, 0.2) is 36.4 Å². The molecule has 0 aliphatic carbocycles. The van der Waals surface area contributed by atoms with Crippen LogP contribution in [0.4, 0.5) is 8.78 Å². The lowest BCUT2D eigenvalue weighted by atomic mass is 10.0. The van der Waals surface area contributed by atoms with Gasteiger partial charge in [0.05, 0.1) is 7.11 Å². The predicted molar refractivity (Wildman–Crippen MR) is 101 cm³/mol. The number of ether oxygens (including phenoxy) is 1. The van der Waals surface area contributed by atoms with Crippen LogP contribution in [-0.4, -0.2) is 43.6 Å². The first-order chi connectivity index (χ1) is 13.0. The molecule has 1 aliphatic heterocycles. The van der Waals surface area contributed by atoms with Gasteiger partial charge < -0.3 is 10.1 Å². The number of nitrogens with one attached hydrogen (secondary N) is 1. The summed E-state index contributed by atoms with van der Waals surface area (Å²) in [5.41, 5.74) is 1.54. The van der Waals surface area contributed by atoms with E-state index in [1.54, 1.807) is 24.3 Å². The summed E-state index contributed by atoms with van der Waals surface area (Å²) in [6.07, 6.45) is 2.26. The minimum atomic E-state index is -0.758. The molecule has 0 bridgehead atoms. The number of halogens is 2. The first-order valence-corrected chi connectivity index (χ1v) is 9.19. The standard InChI is InChI=1S/C21H24F2N2O2/c1-3-25-10-4-5-17(25)13-24-21(26)15-8-6-14(7-9-15)16-11-18(22)20(27-2)19(23)12-16/h6-9,11-12,17H,3-5,10,13H2,1-2H3,(H,24,26)/t17-/m0/s1. The van der Waals surface area contributed by atoms with E-state index in [1.807, 2.05) is 0 Å². The molecule has 0 aromatic heterocycles. The minimum Gasteiger partial charge on any atom is -0.491 e.